The first-order chi connectivity index (χ1) is 15.0. The number of amides is 3. The number of thioether (sulfide) groups is 1. The van der Waals surface area contributed by atoms with Crippen LogP contribution in [0, 0.1) is 11.3 Å². The van der Waals surface area contributed by atoms with Gasteiger partial charge in [0.15, 0.2) is 0 Å². The number of urea groups is 1. The lowest BCUT2D eigenvalue weighted by molar-refractivity contribution is 0.0585. The Balaban J connectivity index is 1.39. The Hall–Kier alpha value is -3.18. The predicted molar refractivity (Wildman–Crippen MR) is 120 cm³/mol. The summed E-state index contributed by atoms with van der Waals surface area (Å²) in [5.41, 5.74) is 1.87. The van der Waals surface area contributed by atoms with Crippen molar-refractivity contribution in [3.05, 3.63) is 59.7 Å². The molecule has 1 N–H and O–H groups in total. The van der Waals surface area contributed by atoms with Crippen LogP contribution in [0.3, 0.4) is 0 Å². The number of piperidine rings is 1. The number of likely N-dealkylation sites (tertiary alicyclic amines) is 1. The van der Waals surface area contributed by atoms with Gasteiger partial charge in [0.05, 0.1) is 23.6 Å². The van der Waals surface area contributed by atoms with Crippen molar-refractivity contribution in [1.29, 1.82) is 5.26 Å². The van der Waals surface area contributed by atoms with Gasteiger partial charge in [-0.25, -0.2) is 4.79 Å². The number of rotatable bonds is 3. The molecule has 0 atom stereocenters. The molecule has 2 heterocycles. The van der Waals surface area contributed by atoms with Crippen molar-refractivity contribution >= 4 is 29.4 Å². The summed E-state index contributed by atoms with van der Waals surface area (Å²) in [6, 6.07) is 15.9. The predicted octanol–water partition coefficient (Wildman–Crippen LogP) is 3.78. The molecule has 0 radical (unpaired) electrons. The number of ether oxygens (including phenoxy) is 1. The van der Waals surface area contributed by atoms with Gasteiger partial charge < -0.3 is 19.9 Å². The SMILES string of the molecule is COc1ccc(C(=O)N2CCSC23CCN(C(=O)Nc2ccc(C#N)cc2)CC3)cc1. The van der Waals surface area contributed by atoms with Crippen LogP contribution in [0.25, 0.3) is 0 Å². The molecule has 2 fully saturated rings. The second kappa shape index (κ2) is 8.90. The van der Waals surface area contributed by atoms with Gasteiger partial charge in [-0.2, -0.15) is 5.26 Å². The van der Waals surface area contributed by atoms with Crippen molar-refractivity contribution in [3.63, 3.8) is 0 Å². The van der Waals surface area contributed by atoms with Crippen LogP contribution in [0.5, 0.6) is 5.75 Å². The van der Waals surface area contributed by atoms with Crippen LogP contribution in [0.4, 0.5) is 10.5 Å². The van der Waals surface area contributed by atoms with Crippen LogP contribution in [-0.4, -0.2) is 59.1 Å². The fourth-order valence-electron chi connectivity index (χ4n) is 4.09. The number of carbonyl (C=O) groups is 2. The molecule has 160 valence electrons. The zero-order valence-corrected chi connectivity index (χ0v) is 18.2. The maximum atomic E-state index is 13.2. The molecule has 2 aliphatic heterocycles. The first-order valence-electron chi connectivity index (χ1n) is 10.2. The van der Waals surface area contributed by atoms with Crippen molar-refractivity contribution in [3.8, 4) is 11.8 Å². The van der Waals surface area contributed by atoms with Crippen molar-refractivity contribution in [2.45, 2.75) is 17.7 Å². The number of hydrogen-bond acceptors (Lipinski definition) is 5. The van der Waals surface area contributed by atoms with Crippen LogP contribution in [0.1, 0.15) is 28.8 Å². The summed E-state index contributed by atoms with van der Waals surface area (Å²) in [6.45, 7) is 1.88. The number of anilines is 1. The number of carbonyl (C=O) groups excluding carboxylic acids is 2. The minimum Gasteiger partial charge on any atom is -0.497 e. The fraction of sp³-hybridized carbons (Fsp3) is 0.348. The Labute approximate surface area is 186 Å². The van der Waals surface area contributed by atoms with E-state index in [0.29, 0.717) is 36.4 Å². The number of hydrogen-bond donors (Lipinski definition) is 1. The van der Waals surface area contributed by atoms with Gasteiger partial charge in [-0.15, -0.1) is 11.8 Å². The van der Waals surface area contributed by atoms with Crippen molar-refractivity contribution in [2.75, 3.05) is 37.8 Å². The molecular weight excluding hydrogens is 412 g/mol. The Bertz CT molecular complexity index is 993. The highest BCUT2D eigenvalue weighted by Crippen LogP contribution is 2.44. The van der Waals surface area contributed by atoms with Crippen LogP contribution in [0.2, 0.25) is 0 Å². The number of benzene rings is 2. The minimum atomic E-state index is -0.262. The summed E-state index contributed by atoms with van der Waals surface area (Å²) < 4.78 is 5.19. The van der Waals surface area contributed by atoms with Gasteiger partial charge in [0.25, 0.3) is 5.91 Å². The summed E-state index contributed by atoms with van der Waals surface area (Å²) >= 11 is 1.82. The number of methoxy groups -OCH3 is 1. The minimum absolute atomic E-state index is 0.0307. The second-order valence-corrected chi connectivity index (χ2v) is 9.04. The van der Waals surface area contributed by atoms with E-state index < -0.39 is 0 Å². The van der Waals surface area contributed by atoms with Gasteiger partial charge in [-0.1, -0.05) is 0 Å². The molecule has 2 saturated heterocycles. The smallest absolute Gasteiger partial charge is 0.321 e. The standard InChI is InChI=1S/C23H24N4O3S/c1-30-20-8-4-18(5-9-20)21(28)27-14-15-31-23(27)10-12-26(13-11-23)22(29)25-19-6-2-17(16-24)3-7-19/h2-9H,10-15H2,1H3,(H,25,29). The Morgan fingerprint density at radius 3 is 2.35 bits per heavy atom. The van der Waals surface area contributed by atoms with E-state index in [2.05, 4.69) is 11.4 Å². The number of nitrogens with one attached hydrogen (secondary N) is 1. The average Bonchev–Trinajstić information content (AvgIpc) is 3.22. The molecule has 1 spiro atoms. The lowest BCUT2D eigenvalue weighted by Gasteiger charge is -2.44. The van der Waals surface area contributed by atoms with Crippen LogP contribution < -0.4 is 10.1 Å². The third kappa shape index (κ3) is 4.32. The summed E-state index contributed by atoms with van der Waals surface area (Å²) in [4.78, 5) is 29.4. The lowest BCUT2D eigenvalue weighted by atomic mass is 10.0. The van der Waals surface area contributed by atoms with Gasteiger partial charge in [0.1, 0.15) is 5.75 Å². The molecule has 3 amide bonds. The molecule has 4 rings (SSSR count). The first-order valence-corrected chi connectivity index (χ1v) is 11.2. The van der Waals surface area contributed by atoms with E-state index in [0.717, 1.165) is 24.3 Å². The summed E-state index contributed by atoms with van der Waals surface area (Å²) in [5, 5.41) is 11.8. The summed E-state index contributed by atoms with van der Waals surface area (Å²) in [6.07, 6.45) is 1.47. The quantitative estimate of drug-likeness (QED) is 0.791. The Morgan fingerprint density at radius 1 is 1.06 bits per heavy atom. The van der Waals surface area contributed by atoms with Crippen LogP contribution in [-0.2, 0) is 0 Å². The highest BCUT2D eigenvalue weighted by atomic mass is 32.2. The van der Waals surface area contributed by atoms with Gasteiger partial charge in [-0.3, -0.25) is 4.79 Å². The lowest BCUT2D eigenvalue weighted by Crippen LogP contribution is -2.54. The molecule has 0 saturated carbocycles. The molecule has 7 nitrogen and oxygen atoms in total. The van der Waals surface area contributed by atoms with E-state index >= 15 is 0 Å². The molecule has 0 bridgehead atoms. The molecule has 2 aliphatic rings. The number of nitriles is 1. The summed E-state index contributed by atoms with van der Waals surface area (Å²) in [5.74, 6) is 1.66. The fourth-order valence-corrected chi connectivity index (χ4v) is 5.54. The Kier molecular flexibility index (Phi) is 6.05. The van der Waals surface area contributed by atoms with Gasteiger partial charge in [0.2, 0.25) is 0 Å². The normalized spacial score (nSPS) is 17.3. The van der Waals surface area contributed by atoms with Gasteiger partial charge in [-0.05, 0) is 61.4 Å². The second-order valence-electron chi connectivity index (χ2n) is 7.59. The van der Waals surface area contributed by atoms with Crippen LogP contribution in [0.15, 0.2) is 48.5 Å². The van der Waals surface area contributed by atoms with E-state index in [9.17, 15) is 9.59 Å². The molecule has 0 aromatic heterocycles. The zero-order chi connectivity index (χ0) is 21.8. The topological polar surface area (TPSA) is 85.7 Å². The molecule has 0 unspecified atom stereocenters. The highest BCUT2D eigenvalue weighted by molar-refractivity contribution is 8.00. The molecule has 2 aromatic rings. The van der Waals surface area contributed by atoms with E-state index in [4.69, 9.17) is 10.00 Å². The highest BCUT2D eigenvalue weighted by Gasteiger charge is 2.47. The Morgan fingerprint density at radius 2 is 1.74 bits per heavy atom. The largest absolute Gasteiger partial charge is 0.497 e. The molecule has 2 aromatic carbocycles. The third-order valence-electron chi connectivity index (χ3n) is 5.86. The van der Waals surface area contributed by atoms with Crippen LogP contribution >= 0.6 is 11.8 Å². The molecule has 8 heteroatoms. The monoisotopic (exact) mass is 436 g/mol. The molecular formula is C23H24N4O3S. The van der Waals surface area contributed by atoms with E-state index in [1.807, 2.05) is 16.7 Å². The maximum absolute atomic E-state index is 13.2. The van der Waals surface area contributed by atoms with E-state index in [1.165, 1.54) is 0 Å². The van der Waals surface area contributed by atoms with Crippen molar-refractivity contribution < 1.29 is 14.3 Å². The molecule has 0 aliphatic carbocycles. The van der Waals surface area contributed by atoms with Gasteiger partial charge in [0, 0.05) is 36.6 Å². The third-order valence-corrected chi connectivity index (χ3v) is 7.41. The van der Waals surface area contributed by atoms with E-state index in [-0.39, 0.29) is 16.8 Å². The van der Waals surface area contributed by atoms with E-state index in [1.54, 1.807) is 60.5 Å². The summed E-state index contributed by atoms with van der Waals surface area (Å²) in [7, 11) is 1.61. The van der Waals surface area contributed by atoms with Gasteiger partial charge >= 0.3 is 6.03 Å². The first kappa shape index (κ1) is 21.1. The molecule has 31 heavy (non-hydrogen) atoms. The van der Waals surface area contributed by atoms with Crippen molar-refractivity contribution in [1.82, 2.24) is 9.80 Å². The maximum Gasteiger partial charge on any atom is 0.321 e. The average molecular weight is 437 g/mol. The zero-order valence-electron chi connectivity index (χ0n) is 17.3. The van der Waals surface area contributed by atoms with Crippen molar-refractivity contribution in [2.24, 2.45) is 0 Å². The number of nitrogens with zero attached hydrogens (tertiary/aromatic N) is 3.